The van der Waals surface area contributed by atoms with Crippen LogP contribution in [-0.4, -0.2) is 42.7 Å². The van der Waals surface area contributed by atoms with Crippen molar-refractivity contribution in [3.05, 3.63) is 69.6 Å². The number of hydrogen-bond acceptors (Lipinski definition) is 5. The van der Waals surface area contributed by atoms with E-state index < -0.39 is 0 Å². The summed E-state index contributed by atoms with van der Waals surface area (Å²) >= 11 is 0. The van der Waals surface area contributed by atoms with E-state index in [1.165, 1.54) is 24.4 Å². The molecule has 1 N–H and O–H groups in total. The van der Waals surface area contributed by atoms with Gasteiger partial charge in [0.1, 0.15) is 0 Å². The number of benzene rings is 2. The maximum atomic E-state index is 13.3. The molecule has 0 aliphatic rings. The largest absolute Gasteiger partial charge is 0.493 e. The Hall–Kier alpha value is -3.32. The van der Waals surface area contributed by atoms with Crippen LogP contribution in [0.3, 0.4) is 0 Å². The van der Waals surface area contributed by atoms with Crippen molar-refractivity contribution in [2.24, 2.45) is 0 Å². The van der Waals surface area contributed by atoms with Gasteiger partial charge in [0.2, 0.25) is 0 Å². The molecule has 0 saturated carbocycles. The Morgan fingerprint density at radius 1 is 0.970 bits per heavy atom. The lowest BCUT2D eigenvalue weighted by molar-refractivity contribution is 0.0951. The van der Waals surface area contributed by atoms with Crippen molar-refractivity contribution in [1.82, 2.24) is 14.8 Å². The summed E-state index contributed by atoms with van der Waals surface area (Å²) in [5, 5.41) is 4.01. The highest BCUT2D eigenvalue weighted by atomic mass is 16.5. The van der Waals surface area contributed by atoms with E-state index >= 15 is 0 Å². The molecule has 0 unspecified atom stereocenters. The van der Waals surface area contributed by atoms with Crippen molar-refractivity contribution in [1.29, 1.82) is 0 Å². The number of fused-ring (bicyclic) bond motifs is 1. The van der Waals surface area contributed by atoms with Gasteiger partial charge in [-0.1, -0.05) is 38.1 Å². The average Bonchev–Trinajstić information content (AvgIpc) is 2.85. The smallest absolute Gasteiger partial charge is 0.258 e. The molecule has 1 aromatic heterocycles. The Kier molecular flexibility index (Phi) is 8.11. The SMILES string of the molecule is CCN(CC)Cc1ccccc1CNC(=O)c1cn(CC)c(=O)c2cc(OC)c(OC)cc12. The van der Waals surface area contributed by atoms with Crippen LogP contribution in [0.1, 0.15) is 42.3 Å². The number of rotatable bonds is 10. The summed E-state index contributed by atoms with van der Waals surface area (Å²) < 4.78 is 12.3. The number of nitrogens with zero attached hydrogens (tertiary/aromatic N) is 2. The first-order valence-electron chi connectivity index (χ1n) is 11.3. The van der Waals surface area contributed by atoms with Gasteiger partial charge in [0.15, 0.2) is 11.5 Å². The third-order valence-electron chi connectivity index (χ3n) is 6.02. The lowest BCUT2D eigenvalue weighted by Crippen LogP contribution is -2.28. The molecule has 3 aromatic rings. The number of nitrogens with one attached hydrogen (secondary N) is 1. The Balaban J connectivity index is 1.97. The quantitative estimate of drug-likeness (QED) is 0.508. The molecular weight excluding hydrogens is 418 g/mol. The summed E-state index contributed by atoms with van der Waals surface area (Å²) in [5.74, 6) is 0.678. The maximum Gasteiger partial charge on any atom is 0.258 e. The van der Waals surface area contributed by atoms with Crippen molar-refractivity contribution < 1.29 is 14.3 Å². The number of ether oxygens (including phenoxy) is 2. The fourth-order valence-electron chi connectivity index (χ4n) is 3.98. The molecule has 176 valence electrons. The van der Waals surface area contributed by atoms with Gasteiger partial charge in [0.25, 0.3) is 11.5 Å². The highest BCUT2D eigenvalue weighted by Gasteiger charge is 2.18. The van der Waals surface area contributed by atoms with E-state index in [9.17, 15) is 9.59 Å². The molecule has 0 radical (unpaired) electrons. The summed E-state index contributed by atoms with van der Waals surface area (Å²) in [7, 11) is 3.05. The number of aryl methyl sites for hydroxylation is 1. The molecule has 0 saturated heterocycles. The maximum absolute atomic E-state index is 13.3. The van der Waals surface area contributed by atoms with Crippen LogP contribution < -0.4 is 20.3 Å². The van der Waals surface area contributed by atoms with Crippen molar-refractivity contribution in [2.45, 2.75) is 40.4 Å². The minimum absolute atomic E-state index is 0.172. The zero-order valence-corrected chi connectivity index (χ0v) is 20.1. The van der Waals surface area contributed by atoms with Crippen molar-refractivity contribution >= 4 is 16.7 Å². The minimum atomic E-state index is -0.243. The monoisotopic (exact) mass is 451 g/mol. The number of hydrogen-bond donors (Lipinski definition) is 1. The number of carbonyl (C=O) groups is 1. The Bertz CT molecular complexity index is 1180. The Labute approximate surface area is 194 Å². The molecule has 0 atom stereocenters. The van der Waals surface area contributed by atoms with Crippen LogP contribution in [0.4, 0.5) is 0 Å². The average molecular weight is 452 g/mol. The summed E-state index contributed by atoms with van der Waals surface area (Å²) in [6.07, 6.45) is 1.62. The van der Waals surface area contributed by atoms with Gasteiger partial charge in [-0.15, -0.1) is 0 Å². The number of amides is 1. The van der Waals surface area contributed by atoms with Gasteiger partial charge in [-0.25, -0.2) is 0 Å². The second-order valence-electron chi connectivity index (χ2n) is 7.80. The van der Waals surface area contributed by atoms with E-state index in [1.54, 1.807) is 18.3 Å². The van der Waals surface area contributed by atoms with Crippen molar-refractivity contribution in [3.63, 3.8) is 0 Å². The van der Waals surface area contributed by atoms with Gasteiger partial charge in [-0.2, -0.15) is 0 Å². The molecule has 7 heteroatoms. The summed E-state index contributed by atoms with van der Waals surface area (Å²) in [4.78, 5) is 28.6. The standard InChI is InChI=1S/C26H33N3O4/c1-6-28(7-2)16-19-12-10-9-11-18(19)15-27-25(30)22-17-29(8-3)26(31)21-14-24(33-5)23(32-4)13-20(21)22/h9-14,17H,6-8,15-16H2,1-5H3,(H,27,30). The van der Waals surface area contributed by atoms with Gasteiger partial charge >= 0.3 is 0 Å². The van der Waals surface area contributed by atoms with Gasteiger partial charge in [-0.05, 0) is 43.3 Å². The minimum Gasteiger partial charge on any atom is -0.493 e. The van der Waals surface area contributed by atoms with Crippen LogP contribution in [-0.2, 0) is 19.6 Å². The summed E-state index contributed by atoms with van der Waals surface area (Å²) in [6, 6.07) is 11.5. The van der Waals surface area contributed by atoms with Crippen molar-refractivity contribution in [2.75, 3.05) is 27.3 Å². The van der Waals surface area contributed by atoms with Crippen LogP contribution in [0.2, 0.25) is 0 Å². The Morgan fingerprint density at radius 2 is 1.58 bits per heavy atom. The van der Waals surface area contributed by atoms with Crippen LogP contribution in [0.5, 0.6) is 11.5 Å². The highest BCUT2D eigenvalue weighted by Crippen LogP contribution is 2.32. The van der Waals surface area contributed by atoms with Gasteiger partial charge in [-0.3, -0.25) is 14.5 Å². The Morgan fingerprint density at radius 3 is 2.15 bits per heavy atom. The molecule has 0 fully saturated rings. The number of aromatic nitrogens is 1. The van der Waals surface area contributed by atoms with Crippen LogP contribution in [0.25, 0.3) is 10.8 Å². The molecule has 33 heavy (non-hydrogen) atoms. The van der Waals surface area contributed by atoms with Crippen LogP contribution in [0, 0.1) is 0 Å². The molecular formula is C26H33N3O4. The van der Waals surface area contributed by atoms with Gasteiger partial charge in [0, 0.05) is 31.2 Å². The molecule has 0 spiro atoms. The van der Waals surface area contributed by atoms with E-state index in [4.69, 9.17) is 9.47 Å². The first kappa shape index (κ1) is 24.3. The topological polar surface area (TPSA) is 72.8 Å². The number of pyridine rings is 1. The normalized spacial score (nSPS) is 11.1. The van der Waals surface area contributed by atoms with E-state index in [0.717, 1.165) is 25.2 Å². The van der Waals surface area contributed by atoms with Crippen molar-refractivity contribution in [3.8, 4) is 11.5 Å². The molecule has 2 aromatic carbocycles. The third-order valence-corrected chi connectivity index (χ3v) is 6.02. The zero-order chi connectivity index (χ0) is 24.0. The second kappa shape index (κ2) is 11.0. The first-order chi connectivity index (χ1) is 16.0. The number of methoxy groups -OCH3 is 2. The fraction of sp³-hybridized carbons (Fsp3) is 0.385. The molecule has 0 aliphatic carbocycles. The lowest BCUT2D eigenvalue weighted by Gasteiger charge is -2.20. The van der Waals surface area contributed by atoms with E-state index in [2.05, 4.69) is 30.1 Å². The zero-order valence-electron chi connectivity index (χ0n) is 20.1. The van der Waals surface area contributed by atoms with Crippen LogP contribution >= 0.6 is 0 Å². The third kappa shape index (κ3) is 5.20. The summed E-state index contributed by atoms with van der Waals surface area (Å²) in [5.41, 5.74) is 2.52. The van der Waals surface area contributed by atoms with Gasteiger partial charge < -0.3 is 19.4 Å². The number of carbonyl (C=O) groups excluding carboxylic acids is 1. The lowest BCUT2D eigenvalue weighted by atomic mass is 10.0. The first-order valence-corrected chi connectivity index (χ1v) is 11.3. The summed E-state index contributed by atoms with van der Waals surface area (Å²) in [6.45, 7) is 9.78. The molecule has 1 heterocycles. The van der Waals surface area contributed by atoms with E-state index in [0.29, 0.717) is 40.9 Å². The fourth-order valence-corrected chi connectivity index (χ4v) is 3.98. The predicted octanol–water partition coefficient (Wildman–Crippen LogP) is 3.81. The predicted molar refractivity (Wildman–Crippen MR) is 131 cm³/mol. The molecule has 1 amide bonds. The van der Waals surface area contributed by atoms with E-state index in [1.807, 2.05) is 25.1 Å². The van der Waals surface area contributed by atoms with Crippen LogP contribution in [0.15, 0.2) is 47.4 Å². The molecule has 3 rings (SSSR count). The highest BCUT2D eigenvalue weighted by molar-refractivity contribution is 6.07. The van der Waals surface area contributed by atoms with E-state index in [-0.39, 0.29) is 11.5 Å². The molecule has 0 aliphatic heterocycles. The molecule has 7 nitrogen and oxygen atoms in total. The van der Waals surface area contributed by atoms with Gasteiger partial charge in [0.05, 0.1) is 25.2 Å². The second-order valence-corrected chi connectivity index (χ2v) is 7.80. The molecule has 0 bridgehead atoms.